The van der Waals surface area contributed by atoms with Gasteiger partial charge in [0.1, 0.15) is 0 Å². The summed E-state index contributed by atoms with van der Waals surface area (Å²) in [4.78, 5) is 0. The van der Waals surface area contributed by atoms with Crippen LogP contribution >= 0.6 is 0 Å². The predicted octanol–water partition coefficient (Wildman–Crippen LogP) is 0.632. The molecule has 1 aromatic carbocycles. The second kappa shape index (κ2) is 2.48. The van der Waals surface area contributed by atoms with E-state index < -0.39 is 0 Å². The minimum Gasteiger partial charge on any atom is -0.397 e. The van der Waals surface area contributed by atoms with E-state index in [4.69, 9.17) is 22.9 Å². The highest BCUT2D eigenvalue weighted by Crippen LogP contribution is 2.34. The molecule has 0 radical (unpaired) electrons. The van der Waals surface area contributed by atoms with E-state index >= 15 is 0 Å². The minimum absolute atomic E-state index is 0.527. The Balaban J connectivity index is 3.60. The average molecular weight is 166 g/mol. The molecule has 0 saturated carbocycles. The van der Waals surface area contributed by atoms with Crippen LogP contribution in [0.15, 0.2) is 0 Å². The third-order valence-corrected chi connectivity index (χ3v) is 2.20. The second-order valence-corrected chi connectivity index (χ2v) is 2.90. The topological polar surface area (TPSA) is 104 Å². The van der Waals surface area contributed by atoms with Crippen LogP contribution in [-0.2, 0) is 0 Å². The lowest BCUT2D eigenvalue weighted by molar-refractivity contribution is 1.40. The molecule has 66 valence electrons. The lowest BCUT2D eigenvalue weighted by Gasteiger charge is -2.13. The monoisotopic (exact) mass is 166 g/mol. The van der Waals surface area contributed by atoms with Gasteiger partial charge in [-0.1, -0.05) is 0 Å². The molecule has 1 rings (SSSR count). The summed E-state index contributed by atoms with van der Waals surface area (Å²) in [5.41, 5.74) is 26.4. The van der Waals surface area contributed by atoms with Crippen molar-refractivity contribution in [3.8, 4) is 0 Å². The average Bonchev–Trinajstić information content (AvgIpc) is 2.08. The quantitative estimate of drug-likeness (QED) is 0.424. The second-order valence-electron chi connectivity index (χ2n) is 2.90. The van der Waals surface area contributed by atoms with Crippen molar-refractivity contribution in [2.24, 2.45) is 0 Å². The Morgan fingerprint density at radius 1 is 0.583 bits per heavy atom. The van der Waals surface area contributed by atoms with Crippen LogP contribution in [-0.4, -0.2) is 0 Å². The van der Waals surface area contributed by atoms with Crippen molar-refractivity contribution in [3.05, 3.63) is 11.1 Å². The predicted molar refractivity (Wildman–Crippen MR) is 53.6 cm³/mol. The maximum absolute atomic E-state index is 5.69. The van der Waals surface area contributed by atoms with E-state index in [1.807, 2.05) is 0 Å². The maximum Gasteiger partial charge on any atom is 0.0602 e. The van der Waals surface area contributed by atoms with Crippen molar-refractivity contribution < 1.29 is 0 Å². The molecule has 12 heavy (non-hydrogen) atoms. The van der Waals surface area contributed by atoms with E-state index in [1.54, 1.807) is 13.8 Å². The highest BCUT2D eigenvalue weighted by atomic mass is 14.8. The van der Waals surface area contributed by atoms with Crippen molar-refractivity contribution in [2.75, 3.05) is 22.9 Å². The zero-order valence-electron chi connectivity index (χ0n) is 7.31. The lowest BCUT2D eigenvalue weighted by Crippen LogP contribution is -2.07. The van der Waals surface area contributed by atoms with Gasteiger partial charge < -0.3 is 22.9 Å². The van der Waals surface area contributed by atoms with Crippen molar-refractivity contribution >= 4 is 22.7 Å². The number of benzene rings is 1. The molecular formula is C8H14N4. The van der Waals surface area contributed by atoms with Crippen LogP contribution in [0.3, 0.4) is 0 Å². The van der Waals surface area contributed by atoms with Gasteiger partial charge in [-0.15, -0.1) is 0 Å². The fourth-order valence-electron chi connectivity index (χ4n) is 1.10. The molecule has 0 heterocycles. The Hall–Kier alpha value is -1.58. The molecule has 0 saturated heterocycles. The van der Waals surface area contributed by atoms with Gasteiger partial charge in [0.25, 0.3) is 0 Å². The molecule has 1 aromatic rings. The van der Waals surface area contributed by atoms with Gasteiger partial charge >= 0.3 is 0 Å². The number of nitrogen functional groups attached to an aromatic ring is 4. The van der Waals surface area contributed by atoms with Gasteiger partial charge in [-0.25, -0.2) is 0 Å². The van der Waals surface area contributed by atoms with Crippen LogP contribution in [0.5, 0.6) is 0 Å². The molecule has 0 aliphatic rings. The summed E-state index contributed by atoms with van der Waals surface area (Å²) >= 11 is 0. The molecule has 0 unspecified atom stereocenters. The molecule has 4 heteroatoms. The number of rotatable bonds is 0. The fraction of sp³-hybridized carbons (Fsp3) is 0.250. The molecular weight excluding hydrogens is 152 g/mol. The van der Waals surface area contributed by atoms with E-state index in [-0.39, 0.29) is 0 Å². The van der Waals surface area contributed by atoms with Gasteiger partial charge in [-0.3, -0.25) is 0 Å². The molecule has 8 N–H and O–H groups in total. The number of hydrogen-bond donors (Lipinski definition) is 4. The summed E-state index contributed by atoms with van der Waals surface area (Å²) in [6.07, 6.45) is 0. The summed E-state index contributed by atoms with van der Waals surface area (Å²) in [6, 6.07) is 0. The molecule has 0 aliphatic carbocycles. The Morgan fingerprint density at radius 2 is 0.750 bits per heavy atom. The van der Waals surface area contributed by atoms with Crippen molar-refractivity contribution in [2.45, 2.75) is 13.8 Å². The summed E-state index contributed by atoms with van der Waals surface area (Å²) in [7, 11) is 0. The van der Waals surface area contributed by atoms with Gasteiger partial charge in [0.05, 0.1) is 22.7 Å². The molecule has 0 atom stereocenters. The molecule has 0 fully saturated rings. The third kappa shape index (κ3) is 0.922. The number of hydrogen-bond acceptors (Lipinski definition) is 4. The Bertz CT molecular complexity index is 225. The Morgan fingerprint density at radius 3 is 0.917 bits per heavy atom. The van der Waals surface area contributed by atoms with Crippen LogP contribution in [0.1, 0.15) is 11.1 Å². The van der Waals surface area contributed by atoms with Crippen molar-refractivity contribution in [1.82, 2.24) is 0 Å². The van der Waals surface area contributed by atoms with Gasteiger partial charge in [-0.05, 0) is 25.0 Å². The van der Waals surface area contributed by atoms with Gasteiger partial charge in [0.15, 0.2) is 0 Å². The van der Waals surface area contributed by atoms with Gasteiger partial charge in [-0.2, -0.15) is 0 Å². The first-order valence-corrected chi connectivity index (χ1v) is 3.65. The fourth-order valence-corrected chi connectivity index (χ4v) is 1.10. The van der Waals surface area contributed by atoms with Gasteiger partial charge in [0.2, 0.25) is 0 Å². The van der Waals surface area contributed by atoms with Crippen LogP contribution in [0.25, 0.3) is 0 Å². The minimum atomic E-state index is 0.527. The summed E-state index contributed by atoms with van der Waals surface area (Å²) in [5.74, 6) is 0. The molecule has 0 bridgehead atoms. The molecule has 4 nitrogen and oxygen atoms in total. The molecule has 0 aromatic heterocycles. The standard InChI is InChI=1S/C8H14N4/c1-3-5(9)7(11)4(2)8(12)6(3)10/h9-12H2,1-2H3. The number of nitrogens with two attached hydrogens (primary N) is 4. The SMILES string of the molecule is Cc1c(N)c(N)c(C)c(N)c1N. The third-order valence-electron chi connectivity index (χ3n) is 2.20. The molecule has 0 spiro atoms. The Labute approximate surface area is 71.5 Å². The molecule has 0 amide bonds. The zero-order valence-corrected chi connectivity index (χ0v) is 7.31. The summed E-state index contributed by atoms with van der Waals surface area (Å²) < 4.78 is 0. The van der Waals surface area contributed by atoms with Crippen LogP contribution in [0, 0.1) is 13.8 Å². The lowest BCUT2D eigenvalue weighted by atomic mass is 10.0. The van der Waals surface area contributed by atoms with E-state index in [0.717, 1.165) is 11.1 Å². The summed E-state index contributed by atoms with van der Waals surface area (Å²) in [6.45, 7) is 3.60. The van der Waals surface area contributed by atoms with Crippen molar-refractivity contribution in [1.29, 1.82) is 0 Å². The number of anilines is 4. The Kier molecular flexibility index (Phi) is 1.76. The molecule has 0 aliphatic heterocycles. The van der Waals surface area contributed by atoms with Gasteiger partial charge in [0, 0.05) is 0 Å². The van der Waals surface area contributed by atoms with Crippen LogP contribution in [0.4, 0.5) is 22.7 Å². The van der Waals surface area contributed by atoms with E-state index in [9.17, 15) is 0 Å². The summed E-state index contributed by atoms with van der Waals surface area (Å²) in [5, 5.41) is 0. The van der Waals surface area contributed by atoms with Crippen molar-refractivity contribution in [3.63, 3.8) is 0 Å². The van der Waals surface area contributed by atoms with Crippen LogP contribution in [0.2, 0.25) is 0 Å². The first kappa shape index (κ1) is 8.52. The largest absolute Gasteiger partial charge is 0.397 e. The normalized spacial score (nSPS) is 10.2. The highest BCUT2D eigenvalue weighted by Gasteiger charge is 2.10. The van der Waals surface area contributed by atoms with E-state index in [2.05, 4.69) is 0 Å². The first-order valence-electron chi connectivity index (χ1n) is 3.65. The van der Waals surface area contributed by atoms with Crippen LogP contribution < -0.4 is 22.9 Å². The first-order chi connectivity index (χ1) is 5.46. The maximum atomic E-state index is 5.69. The smallest absolute Gasteiger partial charge is 0.0602 e. The zero-order chi connectivity index (χ0) is 9.46. The van der Waals surface area contributed by atoms with E-state index in [1.165, 1.54) is 0 Å². The highest BCUT2D eigenvalue weighted by molar-refractivity contribution is 5.87. The van der Waals surface area contributed by atoms with E-state index in [0.29, 0.717) is 22.7 Å².